The van der Waals surface area contributed by atoms with E-state index >= 15 is 0 Å². The van der Waals surface area contributed by atoms with Crippen molar-refractivity contribution in [2.45, 2.75) is 37.9 Å². The van der Waals surface area contributed by atoms with E-state index in [0.29, 0.717) is 6.04 Å². The number of carboxylic acid groups (broad SMARTS) is 1. The van der Waals surface area contributed by atoms with Crippen LogP contribution in [0.15, 0.2) is 41.7 Å². The number of aromatic nitrogens is 2. The SMILES string of the molecule is Cc1cn(C(C)CCc2ccccc2)c(SCC(=O)O)n1. The van der Waals surface area contributed by atoms with Gasteiger partial charge in [0.2, 0.25) is 0 Å². The Morgan fingerprint density at radius 3 is 2.76 bits per heavy atom. The van der Waals surface area contributed by atoms with Crippen LogP contribution in [-0.4, -0.2) is 26.4 Å². The van der Waals surface area contributed by atoms with Crippen molar-refractivity contribution in [3.63, 3.8) is 0 Å². The average Bonchev–Trinajstić information content (AvgIpc) is 2.85. The molecule has 0 bridgehead atoms. The van der Waals surface area contributed by atoms with Gasteiger partial charge in [-0.05, 0) is 32.3 Å². The highest BCUT2D eigenvalue weighted by atomic mass is 32.2. The number of hydrogen-bond donors (Lipinski definition) is 1. The summed E-state index contributed by atoms with van der Waals surface area (Å²) in [5.41, 5.74) is 2.25. The van der Waals surface area contributed by atoms with Crippen molar-refractivity contribution >= 4 is 17.7 Å². The molecule has 2 rings (SSSR count). The van der Waals surface area contributed by atoms with Crippen molar-refractivity contribution in [2.75, 3.05) is 5.75 Å². The molecule has 0 saturated carbocycles. The van der Waals surface area contributed by atoms with Crippen molar-refractivity contribution in [1.29, 1.82) is 0 Å². The summed E-state index contributed by atoms with van der Waals surface area (Å²) in [5.74, 6) is -0.772. The maximum absolute atomic E-state index is 10.7. The van der Waals surface area contributed by atoms with E-state index < -0.39 is 5.97 Å². The molecule has 0 amide bonds. The van der Waals surface area contributed by atoms with Crippen molar-refractivity contribution in [3.05, 3.63) is 47.8 Å². The van der Waals surface area contributed by atoms with Crippen LogP contribution >= 0.6 is 11.8 Å². The fourth-order valence-corrected chi connectivity index (χ4v) is 3.04. The van der Waals surface area contributed by atoms with Crippen molar-refractivity contribution < 1.29 is 9.90 Å². The van der Waals surface area contributed by atoms with Crippen LogP contribution in [0.2, 0.25) is 0 Å². The standard InChI is InChI=1S/C16H20N2O2S/c1-12-10-18(16(17-12)21-11-15(19)20)13(2)8-9-14-6-4-3-5-7-14/h3-7,10,13H,8-9,11H2,1-2H3,(H,19,20). The summed E-state index contributed by atoms with van der Waals surface area (Å²) >= 11 is 1.28. The smallest absolute Gasteiger partial charge is 0.313 e. The first-order valence-electron chi connectivity index (χ1n) is 7.00. The summed E-state index contributed by atoms with van der Waals surface area (Å²) in [4.78, 5) is 15.1. The van der Waals surface area contributed by atoms with Gasteiger partial charge in [0, 0.05) is 12.2 Å². The minimum absolute atomic E-state index is 0.0435. The number of carboxylic acids is 1. The third kappa shape index (κ3) is 4.63. The van der Waals surface area contributed by atoms with Gasteiger partial charge in [0.25, 0.3) is 0 Å². The second-order valence-electron chi connectivity index (χ2n) is 5.13. The number of rotatable bonds is 7. The van der Waals surface area contributed by atoms with E-state index in [1.54, 1.807) is 0 Å². The van der Waals surface area contributed by atoms with E-state index in [-0.39, 0.29) is 5.75 Å². The summed E-state index contributed by atoms with van der Waals surface area (Å²) < 4.78 is 2.09. The van der Waals surface area contributed by atoms with Gasteiger partial charge in [-0.25, -0.2) is 4.98 Å². The van der Waals surface area contributed by atoms with Crippen LogP contribution in [0.25, 0.3) is 0 Å². The number of aliphatic carboxylic acids is 1. The molecular formula is C16H20N2O2S. The van der Waals surface area contributed by atoms with Gasteiger partial charge in [0.15, 0.2) is 5.16 Å². The van der Waals surface area contributed by atoms with E-state index in [0.717, 1.165) is 23.7 Å². The Morgan fingerprint density at radius 2 is 2.10 bits per heavy atom. The molecule has 0 aliphatic heterocycles. The van der Waals surface area contributed by atoms with Crippen LogP contribution in [-0.2, 0) is 11.2 Å². The van der Waals surface area contributed by atoms with Gasteiger partial charge in [-0.2, -0.15) is 0 Å². The number of carbonyl (C=O) groups is 1. The topological polar surface area (TPSA) is 55.1 Å². The first-order chi connectivity index (χ1) is 10.1. The first-order valence-corrected chi connectivity index (χ1v) is 7.99. The van der Waals surface area contributed by atoms with Crippen molar-refractivity contribution in [2.24, 2.45) is 0 Å². The zero-order chi connectivity index (χ0) is 15.2. The van der Waals surface area contributed by atoms with Crippen LogP contribution < -0.4 is 0 Å². The van der Waals surface area contributed by atoms with Crippen LogP contribution in [0, 0.1) is 6.92 Å². The third-order valence-corrected chi connectivity index (χ3v) is 4.26. The maximum Gasteiger partial charge on any atom is 0.313 e. The minimum atomic E-state index is -0.816. The van der Waals surface area contributed by atoms with E-state index in [1.165, 1.54) is 17.3 Å². The molecule has 1 aromatic carbocycles. The molecule has 2 aromatic rings. The number of nitrogens with zero attached hydrogens (tertiary/aromatic N) is 2. The normalized spacial score (nSPS) is 12.3. The van der Waals surface area contributed by atoms with Gasteiger partial charge in [0.05, 0.1) is 11.4 Å². The van der Waals surface area contributed by atoms with Gasteiger partial charge >= 0.3 is 5.97 Å². The Morgan fingerprint density at radius 1 is 1.38 bits per heavy atom. The van der Waals surface area contributed by atoms with E-state index in [4.69, 9.17) is 5.11 Å². The number of imidazole rings is 1. The van der Waals surface area contributed by atoms with Gasteiger partial charge in [-0.3, -0.25) is 4.79 Å². The monoisotopic (exact) mass is 304 g/mol. The molecule has 0 aliphatic carbocycles. The minimum Gasteiger partial charge on any atom is -0.481 e. The second kappa shape index (κ2) is 7.31. The number of hydrogen-bond acceptors (Lipinski definition) is 3. The summed E-state index contributed by atoms with van der Waals surface area (Å²) in [6, 6.07) is 10.7. The maximum atomic E-state index is 10.7. The van der Waals surface area contributed by atoms with E-state index in [2.05, 4.69) is 40.7 Å². The molecule has 4 nitrogen and oxygen atoms in total. The molecule has 1 atom stereocenters. The summed E-state index contributed by atoms with van der Waals surface area (Å²) in [6.45, 7) is 4.08. The average molecular weight is 304 g/mol. The predicted octanol–water partition coefficient (Wildman–Crippen LogP) is 3.56. The largest absolute Gasteiger partial charge is 0.481 e. The highest BCUT2D eigenvalue weighted by Gasteiger charge is 2.13. The fourth-order valence-electron chi connectivity index (χ4n) is 2.20. The zero-order valence-corrected chi connectivity index (χ0v) is 13.1. The number of aryl methyl sites for hydroxylation is 2. The fraction of sp³-hybridized carbons (Fsp3) is 0.375. The molecule has 0 fully saturated rings. The Bertz CT molecular complexity index is 596. The summed E-state index contributed by atoms with van der Waals surface area (Å²) in [6.07, 6.45) is 4.00. The highest BCUT2D eigenvalue weighted by molar-refractivity contribution is 7.99. The molecule has 1 aromatic heterocycles. The molecule has 0 aliphatic rings. The first kappa shape index (κ1) is 15.6. The molecule has 21 heavy (non-hydrogen) atoms. The van der Waals surface area contributed by atoms with E-state index in [9.17, 15) is 4.79 Å². The summed E-state index contributed by atoms with van der Waals surface area (Å²) in [7, 11) is 0. The number of thioether (sulfide) groups is 1. The molecule has 1 heterocycles. The van der Waals surface area contributed by atoms with Crippen LogP contribution in [0.1, 0.15) is 30.6 Å². The lowest BCUT2D eigenvalue weighted by molar-refractivity contribution is -0.133. The molecule has 112 valence electrons. The van der Waals surface area contributed by atoms with Crippen LogP contribution in [0.5, 0.6) is 0 Å². The zero-order valence-electron chi connectivity index (χ0n) is 12.3. The highest BCUT2D eigenvalue weighted by Crippen LogP contribution is 2.24. The second-order valence-corrected chi connectivity index (χ2v) is 6.07. The Kier molecular flexibility index (Phi) is 5.44. The van der Waals surface area contributed by atoms with Crippen molar-refractivity contribution in [1.82, 2.24) is 9.55 Å². The lowest BCUT2D eigenvalue weighted by Gasteiger charge is -2.15. The Labute approximate surface area is 129 Å². The van der Waals surface area contributed by atoms with E-state index in [1.807, 2.05) is 19.2 Å². The van der Waals surface area contributed by atoms with Gasteiger partial charge < -0.3 is 9.67 Å². The molecule has 1 unspecified atom stereocenters. The van der Waals surface area contributed by atoms with Gasteiger partial charge in [-0.1, -0.05) is 42.1 Å². The van der Waals surface area contributed by atoms with Crippen LogP contribution in [0.4, 0.5) is 0 Å². The lowest BCUT2D eigenvalue weighted by atomic mass is 10.1. The molecule has 0 spiro atoms. The Balaban J connectivity index is 2.01. The molecule has 0 radical (unpaired) electrons. The van der Waals surface area contributed by atoms with Crippen molar-refractivity contribution in [3.8, 4) is 0 Å². The Hall–Kier alpha value is -1.75. The lowest BCUT2D eigenvalue weighted by Crippen LogP contribution is -2.08. The molecule has 1 N–H and O–H groups in total. The van der Waals surface area contributed by atoms with Crippen LogP contribution in [0.3, 0.4) is 0 Å². The molecular weight excluding hydrogens is 284 g/mol. The molecule has 5 heteroatoms. The third-order valence-electron chi connectivity index (χ3n) is 3.31. The summed E-state index contributed by atoms with van der Waals surface area (Å²) in [5, 5.41) is 9.59. The quantitative estimate of drug-likeness (QED) is 0.795. The predicted molar refractivity (Wildman–Crippen MR) is 84.8 cm³/mol. The molecule has 0 saturated heterocycles. The number of benzene rings is 1. The van der Waals surface area contributed by atoms with Gasteiger partial charge in [-0.15, -0.1) is 0 Å². The van der Waals surface area contributed by atoms with Gasteiger partial charge in [0.1, 0.15) is 0 Å².